The van der Waals surface area contributed by atoms with E-state index >= 15 is 0 Å². The predicted molar refractivity (Wildman–Crippen MR) is 83.6 cm³/mol. The van der Waals surface area contributed by atoms with Crippen LogP contribution >= 0.6 is 0 Å². The summed E-state index contributed by atoms with van der Waals surface area (Å²) in [6.45, 7) is 1.90. The van der Waals surface area contributed by atoms with Crippen molar-refractivity contribution in [3.8, 4) is 5.75 Å². The second-order valence-electron chi connectivity index (χ2n) is 6.31. The highest BCUT2D eigenvalue weighted by Crippen LogP contribution is 2.36. The molecule has 2 fully saturated rings. The molecular weight excluding hydrogens is 265 g/mol. The quantitative estimate of drug-likeness (QED) is 0.816. The maximum atomic E-state index is 9.57. The molecule has 1 aromatic rings. The van der Waals surface area contributed by atoms with Gasteiger partial charge in [-0.2, -0.15) is 0 Å². The van der Waals surface area contributed by atoms with E-state index in [1.807, 2.05) is 6.07 Å². The summed E-state index contributed by atoms with van der Waals surface area (Å²) in [4.78, 5) is 2.52. The number of rotatable bonds is 4. The van der Waals surface area contributed by atoms with Gasteiger partial charge in [-0.05, 0) is 54.9 Å². The van der Waals surface area contributed by atoms with Crippen molar-refractivity contribution in [1.29, 1.82) is 0 Å². The molecule has 1 aromatic carbocycles. The number of ether oxygens (including phenoxy) is 1. The van der Waals surface area contributed by atoms with E-state index in [2.05, 4.69) is 4.90 Å². The minimum atomic E-state index is -1.42. The molecule has 4 nitrogen and oxygen atoms in total. The van der Waals surface area contributed by atoms with Crippen molar-refractivity contribution >= 4 is 12.6 Å². The second kappa shape index (κ2) is 6.38. The monoisotopic (exact) mass is 289 g/mol. The maximum absolute atomic E-state index is 9.57. The smallest absolute Gasteiger partial charge is 0.488 e. The summed E-state index contributed by atoms with van der Waals surface area (Å²) in [7, 11) is 0.219. The number of hydrogen-bond donors (Lipinski definition) is 2. The van der Waals surface area contributed by atoms with Gasteiger partial charge in [0, 0.05) is 12.6 Å². The lowest BCUT2D eigenvalue weighted by Crippen LogP contribution is -2.39. The Morgan fingerprint density at radius 2 is 2.05 bits per heavy atom. The third-order valence-corrected chi connectivity index (χ3v) is 5.13. The zero-order chi connectivity index (χ0) is 14.8. The van der Waals surface area contributed by atoms with Gasteiger partial charge in [-0.3, -0.25) is 4.90 Å². The minimum Gasteiger partial charge on any atom is -0.497 e. The molecule has 1 saturated carbocycles. The first-order valence-corrected chi connectivity index (χ1v) is 7.96. The van der Waals surface area contributed by atoms with Gasteiger partial charge >= 0.3 is 7.12 Å². The van der Waals surface area contributed by atoms with Crippen molar-refractivity contribution in [3.63, 3.8) is 0 Å². The lowest BCUT2D eigenvalue weighted by atomic mass is 9.76. The van der Waals surface area contributed by atoms with E-state index in [9.17, 15) is 10.0 Å². The molecule has 1 heterocycles. The van der Waals surface area contributed by atoms with Gasteiger partial charge in [0.25, 0.3) is 0 Å². The van der Waals surface area contributed by atoms with Crippen molar-refractivity contribution in [2.75, 3.05) is 13.7 Å². The number of fused-ring (bicyclic) bond motifs is 1. The zero-order valence-electron chi connectivity index (χ0n) is 12.7. The molecule has 0 amide bonds. The second-order valence-corrected chi connectivity index (χ2v) is 6.31. The molecule has 2 unspecified atom stereocenters. The van der Waals surface area contributed by atoms with Crippen LogP contribution in [0.2, 0.25) is 0 Å². The fraction of sp³-hybridized carbons (Fsp3) is 0.625. The van der Waals surface area contributed by atoms with Gasteiger partial charge in [0.2, 0.25) is 0 Å². The first kappa shape index (κ1) is 14.9. The molecule has 0 aromatic heterocycles. The van der Waals surface area contributed by atoms with Crippen molar-refractivity contribution in [1.82, 2.24) is 4.90 Å². The van der Waals surface area contributed by atoms with Crippen molar-refractivity contribution in [2.45, 2.75) is 44.7 Å². The Balaban J connectivity index is 1.80. The minimum absolute atomic E-state index is 0.593. The Kier molecular flexibility index (Phi) is 4.52. The highest BCUT2D eigenvalue weighted by Gasteiger charge is 2.35. The van der Waals surface area contributed by atoms with Crippen LogP contribution in [0.3, 0.4) is 0 Å². The average molecular weight is 289 g/mol. The molecule has 2 N–H and O–H groups in total. The lowest BCUT2D eigenvalue weighted by Gasteiger charge is -2.32. The van der Waals surface area contributed by atoms with Crippen LogP contribution in [0.1, 0.15) is 37.7 Å². The van der Waals surface area contributed by atoms with E-state index in [0.29, 0.717) is 11.5 Å². The summed E-state index contributed by atoms with van der Waals surface area (Å²) in [5, 5.41) is 19.1. The standard InChI is InChI=1S/C16H24BNO3/c1-21-14-6-7-15(17(19)20)13(10-14)11-18-9-8-12-4-2-3-5-16(12)18/h6-7,10,12,16,19-20H,2-5,8-9,11H2,1H3. The van der Waals surface area contributed by atoms with E-state index in [-0.39, 0.29) is 0 Å². The van der Waals surface area contributed by atoms with Crippen LogP contribution < -0.4 is 10.2 Å². The lowest BCUT2D eigenvalue weighted by molar-refractivity contribution is 0.176. The Morgan fingerprint density at radius 3 is 2.81 bits per heavy atom. The van der Waals surface area contributed by atoms with Crippen LogP contribution in [0.5, 0.6) is 5.75 Å². The molecule has 3 rings (SSSR count). The first-order chi connectivity index (χ1) is 10.2. The third-order valence-electron chi connectivity index (χ3n) is 5.13. The maximum Gasteiger partial charge on any atom is 0.488 e. The Labute approximate surface area is 126 Å². The summed E-state index contributed by atoms with van der Waals surface area (Å²) < 4.78 is 5.28. The van der Waals surface area contributed by atoms with Gasteiger partial charge < -0.3 is 14.8 Å². The largest absolute Gasteiger partial charge is 0.497 e. The molecule has 1 aliphatic carbocycles. The summed E-state index contributed by atoms with van der Waals surface area (Å²) in [5.41, 5.74) is 1.56. The highest BCUT2D eigenvalue weighted by molar-refractivity contribution is 6.59. The predicted octanol–water partition coefficient (Wildman–Crippen LogP) is 1.14. The summed E-state index contributed by atoms with van der Waals surface area (Å²) >= 11 is 0. The molecule has 1 saturated heterocycles. The fourth-order valence-electron chi connectivity index (χ4n) is 4.02. The van der Waals surface area contributed by atoms with Crippen LogP contribution in [0.25, 0.3) is 0 Å². The van der Waals surface area contributed by atoms with Gasteiger partial charge in [-0.15, -0.1) is 0 Å². The third kappa shape index (κ3) is 3.10. The Hall–Kier alpha value is -1.04. The first-order valence-electron chi connectivity index (χ1n) is 7.96. The molecule has 1 aliphatic heterocycles. The van der Waals surface area contributed by atoms with Gasteiger partial charge in [-0.1, -0.05) is 18.9 Å². The van der Waals surface area contributed by atoms with E-state index in [4.69, 9.17) is 4.74 Å². The Morgan fingerprint density at radius 1 is 1.24 bits per heavy atom. The molecule has 5 heteroatoms. The summed E-state index contributed by atoms with van der Waals surface area (Å²) in [6.07, 6.45) is 6.62. The SMILES string of the molecule is COc1ccc(B(O)O)c(CN2CCC3CCCCC32)c1. The molecule has 0 spiro atoms. The summed E-state index contributed by atoms with van der Waals surface area (Å²) in [6, 6.07) is 6.15. The highest BCUT2D eigenvalue weighted by atomic mass is 16.5. The Bertz CT molecular complexity index is 494. The van der Waals surface area contributed by atoms with Gasteiger partial charge in [0.1, 0.15) is 5.75 Å². The number of nitrogens with zero attached hydrogens (tertiary/aromatic N) is 1. The topological polar surface area (TPSA) is 52.9 Å². The fourth-order valence-corrected chi connectivity index (χ4v) is 4.02. The van der Waals surface area contributed by atoms with Crippen LogP contribution in [0, 0.1) is 5.92 Å². The normalized spacial score (nSPS) is 25.7. The summed E-state index contributed by atoms with van der Waals surface area (Å²) in [5.74, 6) is 1.61. The van der Waals surface area contributed by atoms with E-state index in [1.165, 1.54) is 32.1 Å². The van der Waals surface area contributed by atoms with E-state index in [1.54, 1.807) is 19.2 Å². The molecule has 2 aliphatic rings. The molecule has 21 heavy (non-hydrogen) atoms. The van der Waals surface area contributed by atoms with Crippen molar-refractivity contribution in [2.24, 2.45) is 5.92 Å². The van der Waals surface area contributed by atoms with Crippen LogP contribution in [0.15, 0.2) is 18.2 Å². The molecule has 0 bridgehead atoms. The van der Waals surface area contributed by atoms with Gasteiger partial charge in [0.05, 0.1) is 7.11 Å². The van der Waals surface area contributed by atoms with Crippen LogP contribution in [0.4, 0.5) is 0 Å². The van der Waals surface area contributed by atoms with Crippen molar-refractivity contribution in [3.05, 3.63) is 23.8 Å². The molecule has 0 radical (unpaired) electrons. The van der Waals surface area contributed by atoms with Gasteiger partial charge in [0.15, 0.2) is 0 Å². The number of benzene rings is 1. The number of likely N-dealkylation sites (tertiary alicyclic amines) is 1. The van der Waals surface area contributed by atoms with E-state index < -0.39 is 7.12 Å². The van der Waals surface area contributed by atoms with E-state index in [0.717, 1.165) is 30.3 Å². The molecule has 114 valence electrons. The van der Waals surface area contributed by atoms with Crippen LogP contribution in [-0.2, 0) is 6.54 Å². The number of methoxy groups -OCH3 is 1. The zero-order valence-corrected chi connectivity index (χ0v) is 12.7. The van der Waals surface area contributed by atoms with Crippen molar-refractivity contribution < 1.29 is 14.8 Å². The van der Waals surface area contributed by atoms with Gasteiger partial charge in [-0.25, -0.2) is 0 Å². The molecule has 2 atom stereocenters. The molecular formula is C16H24BNO3. The number of hydrogen-bond acceptors (Lipinski definition) is 4. The average Bonchev–Trinajstić information content (AvgIpc) is 2.90. The van der Waals surface area contributed by atoms with Crippen LogP contribution in [-0.4, -0.2) is 41.8 Å².